The van der Waals surface area contributed by atoms with Gasteiger partial charge in [0.05, 0.1) is 0 Å². The van der Waals surface area contributed by atoms with E-state index >= 15 is 0 Å². The first-order valence-electron chi connectivity index (χ1n) is 7.23. The van der Waals surface area contributed by atoms with E-state index in [0.717, 1.165) is 23.2 Å². The van der Waals surface area contributed by atoms with Crippen molar-refractivity contribution < 1.29 is 9.53 Å². The van der Waals surface area contributed by atoms with Gasteiger partial charge in [-0.15, -0.1) is 0 Å². The molecule has 0 fully saturated rings. The molecule has 3 nitrogen and oxygen atoms in total. The molecule has 0 bridgehead atoms. The molecule has 0 saturated heterocycles. The highest BCUT2D eigenvalue weighted by atomic mass is 16.5. The summed E-state index contributed by atoms with van der Waals surface area (Å²) in [4.78, 5) is 12.3. The van der Waals surface area contributed by atoms with Crippen molar-refractivity contribution in [2.45, 2.75) is 33.3 Å². The minimum Gasteiger partial charge on any atom is -0.481 e. The summed E-state index contributed by atoms with van der Waals surface area (Å²) in [5.74, 6) is 0.559. The fourth-order valence-electron chi connectivity index (χ4n) is 2.18. The number of para-hydroxylation sites is 2. The summed E-state index contributed by atoms with van der Waals surface area (Å²) >= 11 is 0. The summed E-state index contributed by atoms with van der Waals surface area (Å²) in [6.45, 7) is 5.83. The van der Waals surface area contributed by atoms with E-state index in [1.54, 1.807) is 6.92 Å². The molecule has 2 rings (SSSR count). The van der Waals surface area contributed by atoms with Crippen LogP contribution in [0.15, 0.2) is 48.5 Å². The van der Waals surface area contributed by atoms with E-state index in [1.165, 1.54) is 0 Å². The smallest absolute Gasteiger partial charge is 0.265 e. The van der Waals surface area contributed by atoms with Crippen LogP contribution in [0.1, 0.15) is 25.0 Å². The van der Waals surface area contributed by atoms with Gasteiger partial charge in [-0.3, -0.25) is 4.79 Å². The van der Waals surface area contributed by atoms with Crippen molar-refractivity contribution in [3.8, 4) is 5.75 Å². The summed E-state index contributed by atoms with van der Waals surface area (Å²) in [5.41, 5.74) is 3.10. The van der Waals surface area contributed by atoms with Gasteiger partial charge in [-0.05, 0) is 43.5 Å². The van der Waals surface area contributed by atoms with Gasteiger partial charge >= 0.3 is 0 Å². The van der Waals surface area contributed by atoms with Gasteiger partial charge in [0.1, 0.15) is 5.75 Å². The van der Waals surface area contributed by atoms with Gasteiger partial charge in [0.2, 0.25) is 0 Å². The number of benzene rings is 2. The van der Waals surface area contributed by atoms with Gasteiger partial charge in [-0.25, -0.2) is 0 Å². The van der Waals surface area contributed by atoms with Crippen LogP contribution in [-0.4, -0.2) is 12.0 Å². The summed E-state index contributed by atoms with van der Waals surface area (Å²) in [6.07, 6.45) is 0.335. The molecule has 1 N–H and O–H groups in total. The quantitative estimate of drug-likeness (QED) is 0.902. The molecule has 0 aliphatic heterocycles. The molecule has 1 atom stereocenters. The van der Waals surface area contributed by atoms with Crippen molar-refractivity contribution in [1.29, 1.82) is 0 Å². The Hall–Kier alpha value is -2.29. The standard InChI is InChI=1S/C18H21NO2/c1-4-15-10-8-9-13(2)17(15)19-18(20)14(3)21-16-11-6-5-7-12-16/h5-12,14H,4H2,1-3H3,(H,19,20)/t14-/m1/s1. The van der Waals surface area contributed by atoms with Gasteiger partial charge in [0.15, 0.2) is 6.10 Å². The van der Waals surface area contributed by atoms with Crippen LogP contribution < -0.4 is 10.1 Å². The maximum atomic E-state index is 12.3. The second kappa shape index (κ2) is 6.93. The highest BCUT2D eigenvalue weighted by Gasteiger charge is 2.16. The number of carbonyl (C=O) groups excluding carboxylic acids is 1. The Morgan fingerprint density at radius 1 is 1.14 bits per heavy atom. The van der Waals surface area contributed by atoms with Gasteiger partial charge in [0.25, 0.3) is 5.91 Å². The molecule has 0 saturated carbocycles. The van der Waals surface area contributed by atoms with Gasteiger partial charge < -0.3 is 10.1 Å². The van der Waals surface area contributed by atoms with Crippen molar-refractivity contribution in [1.82, 2.24) is 0 Å². The highest BCUT2D eigenvalue weighted by Crippen LogP contribution is 2.21. The molecule has 0 unspecified atom stereocenters. The van der Waals surface area contributed by atoms with Crippen LogP contribution in [0.2, 0.25) is 0 Å². The van der Waals surface area contributed by atoms with Crippen molar-refractivity contribution in [3.63, 3.8) is 0 Å². The third-order valence-electron chi connectivity index (χ3n) is 3.41. The molecule has 0 aromatic heterocycles. The Kier molecular flexibility index (Phi) is 4.99. The van der Waals surface area contributed by atoms with Crippen LogP contribution in [0.5, 0.6) is 5.75 Å². The number of amides is 1. The summed E-state index contributed by atoms with van der Waals surface area (Å²) in [6, 6.07) is 15.4. The maximum Gasteiger partial charge on any atom is 0.265 e. The number of carbonyl (C=O) groups is 1. The van der Waals surface area contributed by atoms with E-state index in [9.17, 15) is 4.79 Å². The van der Waals surface area contributed by atoms with Crippen LogP contribution in [0.3, 0.4) is 0 Å². The molecule has 0 radical (unpaired) electrons. The topological polar surface area (TPSA) is 38.3 Å². The Balaban J connectivity index is 2.08. The van der Waals surface area contributed by atoms with E-state index in [4.69, 9.17) is 4.74 Å². The van der Waals surface area contributed by atoms with Crippen molar-refractivity contribution in [3.05, 3.63) is 59.7 Å². The SMILES string of the molecule is CCc1cccc(C)c1NC(=O)[C@@H](C)Oc1ccccc1. The molecule has 0 spiro atoms. The third-order valence-corrected chi connectivity index (χ3v) is 3.41. The molecule has 110 valence electrons. The minimum atomic E-state index is -0.545. The predicted molar refractivity (Wildman–Crippen MR) is 85.7 cm³/mol. The normalized spacial score (nSPS) is 11.8. The minimum absolute atomic E-state index is 0.136. The number of hydrogen-bond acceptors (Lipinski definition) is 2. The van der Waals surface area contributed by atoms with Crippen molar-refractivity contribution in [2.24, 2.45) is 0 Å². The lowest BCUT2D eigenvalue weighted by atomic mass is 10.1. The van der Waals surface area contributed by atoms with E-state index in [1.807, 2.05) is 55.5 Å². The van der Waals surface area contributed by atoms with Crippen LogP contribution in [-0.2, 0) is 11.2 Å². The van der Waals surface area contributed by atoms with Crippen LogP contribution >= 0.6 is 0 Å². The Morgan fingerprint density at radius 3 is 2.52 bits per heavy atom. The summed E-state index contributed by atoms with van der Waals surface area (Å²) in [7, 11) is 0. The van der Waals surface area contributed by atoms with E-state index in [0.29, 0.717) is 5.75 Å². The zero-order chi connectivity index (χ0) is 15.2. The first-order chi connectivity index (χ1) is 10.1. The fourth-order valence-corrected chi connectivity index (χ4v) is 2.18. The van der Waals surface area contributed by atoms with Gasteiger partial charge in [0, 0.05) is 5.69 Å². The fraction of sp³-hybridized carbons (Fsp3) is 0.278. The molecular weight excluding hydrogens is 262 g/mol. The lowest BCUT2D eigenvalue weighted by Crippen LogP contribution is -2.30. The van der Waals surface area contributed by atoms with Crippen molar-refractivity contribution in [2.75, 3.05) is 5.32 Å². The van der Waals surface area contributed by atoms with Crippen molar-refractivity contribution >= 4 is 11.6 Å². The first-order valence-corrected chi connectivity index (χ1v) is 7.23. The van der Waals surface area contributed by atoms with Crippen LogP contribution in [0, 0.1) is 6.92 Å². The van der Waals surface area contributed by atoms with Gasteiger partial charge in [-0.1, -0.05) is 43.3 Å². The second-order valence-corrected chi connectivity index (χ2v) is 5.02. The average Bonchev–Trinajstić information content (AvgIpc) is 2.50. The lowest BCUT2D eigenvalue weighted by Gasteiger charge is -2.17. The number of anilines is 1. The van der Waals surface area contributed by atoms with Crippen LogP contribution in [0.25, 0.3) is 0 Å². The molecule has 0 heterocycles. The Morgan fingerprint density at radius 2 is 1.86 bits per heavy atom. The maximum absolute atomic E-state index is 12.3. The molecule has 2 aromatic carbocycles. The van der Waals surface area contributed by atoms with E-state index in [-0.39, 0.29) is 5.91 Å². The third kappa shape index (κ3) is 3.85. The number of aryl methyl sites for hydroxylation is 2. The Bertz CT molecular complexity index is 608. The summed E-state index contributed by atoms with van der Waals surface area (Å²) in [5, 5.41) is 2.99. The molecular formula is C18H21NO2. The number of rotatable bonds is 5. The van der Waals surface area contributed by atoms with E-state index < -0.39 is 6.10 Å². The number of hydrogen-bond donors (Lipinski definition) is 1. The first kappa shape index (κ1) is 15.1. The molecule has 1 amide bonds. The summed E-state index contributed by atoms with van der Waals surface area (Å²) < 4.78 is 5.65. The second-order valence-electron chi connectivity index (χ2n) is 5.02. The van der Waals surface area contributed by atoms with E-state index in [2.05, 4.69) is 12.2 Å². The number of ether oxygens (including phenoxy) is 1. The predicted octanol–water partition coefficient (Wildman–Crippen LogP) is 3.96. The largest absolute Gasteiger partial charge is 0.481 e. The van der Waals surface area contributed by atoms with Crippen LogP contribution in [0.4, 0.5) is 5.69 Å². The molecule has 3 heteroatoms. The monoisotopic (exact) mass is 283 g/mol. The molecule has 21 heavy (non-hydrogen) atoms. The zero-order valence-corrected chi connectivity index (χ0v) is 12.7. The average molecular weight is 283 g/mol. The number of nitrogens with one attached hydrogen (secondary N) is 1. The molecule has 0 aliphatic rings. The van der Waals surface area contributed by atoms with Gasteiger partial charge in [-0.2, -0.15) is 0 Å². The Labute approximate surface area is 126 Å². The molecule has 2 aromatic rings. The molecule has 0 aliphatic carbocycles. The highest BCUT2D eigenvalue weighted by molar-refractivity contribution is 5.95. The lowest BCUT2D eigenvalue weighted by molar-refractivity contribution is -0.122. The zero-order valence-electron chi connectivity index (χ0n) is 12.7.